The molecule has 1 unspecified atom stereocenters. The maximum absolute atomic E-state index is 13.6. The average molecular weight is 420 g/mol. The van der Waals surface area contributed by atoms with Gasteiger partial charge in [0.15, 0.2) is 0 Å². The second-order valence-corrected chi connectivity index (χ2v) is 8.82. The molecule has 0 aliphatic rings. The summed E-state index contributed by atoms with van der Waals surface area (Å²) >= 11 is 1.17. The Labute approximate surface area is 165 Å². The van der Waals surface area contributed by atoms with Crippen LogP contribution in [-0.2, 0) is 14.8 Å². The van der Waals surface area contributed by atoms with Crippen LogP contribution in [0, 0.1) is 5.82 Å². The van der Waals surface area contributed by atoms with E-state index in [1.807, 2.05) is 30.3 Å². The molecular weight excluding hydrogens is 403 g/mol. The van der Waals surface area contributed by atoms with Crippen LogP contribution in [0.5, 0.6) is 0 Å². The summed E-state index contributed by atoms with van der Waals surface area (Å²) in [5.74, 6) is -1.21. The molecule has 1 aromatic heterocycles. The topological polar surface area (TPSA) is 92.3 Å². The molecule has 0 bridgehead atoms. The number of benzene rings is 2. The van der Waals surface area contributed by atoms with Crippen molar-refractivity contribution >= 4 is 38.1 Å². The predicted molar refractivity (Wildman–Crippen MR) is 107 cm³/mol. The lowest BCUT2D eigenvalue weighted by atomic mass is 10.2. The highest BCUT2D eigenvalue weighted by molar-refractivity contribution is 7.92. The first-order valence-electron chi connectivity index (χ1n) is 8.20. The summed E-state index contributed by atoms with van der Waals surface area (Å²) in [5.41, 5.74) is 0.915. The maximum Gasteiger partial charge on any atom is 0.249 e. The van der Waals surface area contributed by atoms with Crippen LogP contribution in [0.3, 0.4) is 0 Å². The molecule has 1 N–H and O–H groups in total. The molecule has 0 saturated carbocycles. The number of hydrogen-bond acceptors (Lipinski definition) is 6. The molecule has 0 saturated heterocycles. The zero-order chi connectivity index (χ0) is 20.3. The van der Waals surface area contributed by atoms with Gasteiger partial charge in [-0.2, -0.15) is 0 Å². The summed E-state index contributed by atoms with van der Waals surface area (Å²) in [4.78, 5) is 12.6. The summed E-state index contributed by atoms with van der Waals surface area (Å²) in [5, 5.41) is 11.4. The van der Waals surface area contributed by atoms with Gasteiger partial charge in [0.2, 0.25) is 21.1 Å². The molecule has 0 aliphatic heterocycles. The molecule has 146 valence electrons. The number of sulfonamides is 1. The van der Waals surface area contributed by atoms with Crippen LogP contribution < -0.4 is 9.62 Å². The van der Waals surface area contributed by atoms with Crippen LogP contribution >= 0.6 is 11.3 Å². The van der Waals surface area contributed by atoms with Gasteiger partial charge in [-0.1, -0.05) is 47.7 Å². The lowest BCUT2D eigenvalue weighted by Crippen LogP contribution is -2.45. The molecule has 1 heterocycles. The minimum absolute atomic E-state index is 0.0624. The highest BCUT2D eigenvalue weighted by atomic mass is 32.2. The van der Waals surface area contributed by atoms with E-state index in [1.54, 1.807) is 0 Å². The van der Waals surface area contributed by atoms with E-state index in [9.17, 15) is 17.6 Å². The molecule has 0 spiro atoms. The first kappa shape index (κ1) is 19.9. The maximum atomic E-state index is 13.6. The number of nitrogens with one attached hydrogen (secondary N) is 1. The Morgan fingerprint density at radius 3 is 2.50 bits per heavy atom. The number of carbonyl (C=O) groups is 1. The van der Waals surface area contributed by atoms with Crippen LogP contribution in [0.15, 0.2) is 54.6 Å². The lowest BCUT2D eigenvalue weighted by Gasteiger charge is -2.27. The summed E-state index contributed by atoms with van der Waals surface area (Å²) in [6, 6.07) is 13.3. The number of hydrogen-bond donors (Lipinski definition) is 1. The van der Waals surface area contributed by atoms with E-state index in [1.165, 1.54) is 36.5 Å². The van der Waals surface area contributed by atoms with Crippen molar-refractivity contribution in [2.24, 2.45) is 0 Å². The van der Waals surface area contributed by atoms with Crippen molar-refractivity contribution in [3.8, 4) is 10.6 Å². The fourth-order valence-electron chi connectivity index (χ4n) is 2.60. The molecule has 1 amide bonds. The predicted octanol–water partition coefficient (Wildman–Crippen LogP) is 3.14. The Balaban J connectivity index is 1.82. The van der Waals surface area contributed by atoms with Crippen LogP contribution in [0.2, 0.25) is 0 Å². The quantitative estimate of drug-likeness (QED) is 0.661. The number of aromatic nitrogens is 2. The van der Waals surface area contributed by atoms with E-state index in [2.05, 4.69) is 15.5 Å². The van der Waals surface area contributed by atoms with E-state index >= 15 is 0 Å². The molecular formula is C18H17FN4O3S2. The van der Waals surface area contributed by atoms with Gasteiger partial charge in [0.1, 0.15) is 16.9 Å². The van der Waals surface area contributed by atoms with Gasteiger partial charge in [-0.15, -0.1) is 10.2 Å². The van der Waals surface area contributed by atoms with E-state index in [0.717, 1.165) is 22.2 Å². The fraction of sp³-hybridized carbons (Fsp3) is 0.167. The second kappa shape index (κ2) is 8.03. The minimum Gasteiger partial charge on any atom is -0.299 e. The Hall–Kier alpha value is -2.85. The smallest absolute Gasteiger partial charge is 0.249 e. The highest BCUT2D eigenvalue weighted by Crippen LogP contribution is 2.27. The number of halogens is 1. The van der Waals surface area contributed by atoms with Gasteiger partial charge < -0.3 is 0 Å². The van der Waals surface area contributed by atoms with Gasteiger partial charge in [0, 0.05) is 5.56 Å². The van der Waals surface area contributed by atoms with Gasteiger partial charge in [0.25, 0.3) is 0 Å². The Kier molecular flexibility index (Phi) is 5.71. The van der Waals surface area contributed by atoms with E-state index < -0.39 is 27.8 Å². The van der Waals surface area contributed by atoms with Crippen molar-refractivity contribution in [3.63, 3.8) is 0 Å². The molecule has 28 heavy (non-hydrogen) atoms. The summed E-state index contributed by atoms with van der Waals surface area (Å²) in [6.07, 6.45) is 0.958. The molecule has 3 aromatic rings. The van der Waals surface area contributed by atoms with Crippen LogP contribution in [0.4, 0.5) is 15.2 Å². The Morgan fingerprint density at radius 2 is 1.86 bits per heavy atom. The van der Waals surface area contributed by atoms with Crippen molar-refractivity contribution in [3.05, 3.63) is 60.4 Å². The number of carbonyl (C=O) groups excluding carboxylic acids is 1. The van der Waals surface area contributed by atoms with Crippen molar-refractivity contribution in [1.82, 2.24) is 10.2 Å². The van der Waals surface area contributed by atoms with Gasteiger partial charge in [-0.05, 0) is 25.1 Å². The third-order valence-corrected chi connectivity index (χ3v) is 5.96. The van der Waals surface area contributed by atoms with Crippen molar-refractivity contribution in [1.29, 1.82) is 0 Å². The van der Waals surface area contributed by atoms with Crippen molar-refractivity contribution in [2.45, 2.75) is 13.0 Å². The summed E-state index contributed by atoms with van der Waals surface area (Å²) in [7, 11) is -3.84. The third kappa shape index (κ3) is 4.52. The monoisotopic (exact) mass is 420 g/mol. The molecule has 1 atom stereocenters. The average Bonchev–Trinajstić information content (AvgIpc) is 3.10. The fourth-order valence-corrected chi connectivity index (χ4v) is 4.52. The van der Waals surface area contributed by atoms with Crippen LogP contribution in [0.25, 0.3) is 10.6 Å². The highest BCUT2D eigenvalue weighted by Gasteiger charge is 2.30. The lowest BCUT2D eigenvalue weighted by molar-refractivity contribution is -0.116. The number of nitrogens with zero attached hydrogens (tertiary/aromatic N) is 3. The largest absolute Gasteiger partial charge is 0.299 e. The summed E-state index contributed by atoms with van der Waals surface area (Å²) in [6.45, 7) is 1.42. The summed E-state index contributed by atoms with van der Waals surface area (Å²) < 4.78 is 38.9. The minimum atomic E-state index is -3.84. The molecule has 0 fully saturated rings. The Morgan fingerprint density at radius 1 is 1.14 bits per heavy atom. The second-order valence-electron chi connectivity index (χ2n) is 5.98. The molecule has 7 nitrogen and oxygen atoms in total. The molecule has 2 aromatic carbocycles. The number of rotatable bonds is 6. The molecule has 0 radical (unpaired) electrons. The van der Waals surface area contributed by atoms with Crippen molar-refractivity contribution < 1.29 is 17.6 Å². The van der Waals surface area contributed by atoms with Gasteiger partial charge >= 0.3 is 0 Å². The molecule has 0 aliphatic carbocycles. The normalized spacial score (nSPS) is 12.4. The van der Waals surface area contributed by atoms with Crippen LogP contribution in [0.1, 0.15) is 6.92 Å². The SMILES string of the molecule is CC(C(=O)Nc1nnc(-c2ccccc2)s1)N(c1cccc(F)c1)S(C)(=O)=O. The molecule has 10 heteroatoms. The van der Waals surface area contributed by atoms with Crippen LogP contribution in [-0.4, -0.2) is 36.8 Å². The van der Waals surface area contributed by atoms with E-state index in [0.29, 0.717) is 5.01 Å². The third-order valence-electron chi connectivity index (χ3n) is 3.83. The van der Waals surface area contributed by atoms with Crippen molar-refractivity contribution in [2.75, 3.05) is 15.9 Å². The Bertz CT molecular complexity index is 1090. The zero-order valence-corrected chi connectivity index (χ0v) is 16.7. The number of anilines is 2. The van der Waals surface area contributed by atoms with Gasteiger partial charge in [-0.3, -0.25) is 14.4 Å². The van der Waals surface area contributed by atoms with Gasteiger partial charge in [0.05, 0.1) is 11.9 Å². The number of amides is 1. The first-order chi connectivity index (χ1) is 13.3. The standard InChI is InChI=1S/C18H17FN4O3S2/c1-12(23(28(2,25)26)15-10-6-9-14(19)11-15)16(24)20-18-22-21-17(27-18)13-7-4-3-5-8-13/h3-12H,1-2H3,(H,20,22,24). The first-order valence-corrected chi connectivity index (χ1v) is 10.9. The van der Waals surface area contributed by atoms with E-state index in [-0.39, 0.29) is 10.8 Å². The zero-order valence-electron chi connectivity index (χ0n) is 15.0. The van der Waals surface area contributed by atoms with Gasteiger partial charge in [-0.25, -0.2) is 12.8 Å². The van der Waals surface area contributed by atoms with E-state index in [4.69, 9.17) is 0 Å². The molecule has 3 rings (SSSR count).